The Kier molecular flexibility index (Phi) is 5.34. The first-order chi connectivity index (χ1) is 8.25. The summed E-state index contributed by atoms with van der Waals surface area (Å²) in [5, 5.41) is 3.88. The van der Waals surface area contributed by atoms with Crippen molar-refractivity contribution in [1.82, 2.24) is 5.32 Å². The Hall–Kier alpha value is -0.0400. The maximum atomic E-state index is 3.88. The van der Waals surface area contributed by atoms with Gasteiger partial charge in [0.15, 0.2) is 0 Å². The Balaban J connectivity index is 1.68. The van der Waals surface area contributed by atoms with Gasteiger partial charge in [0.1, 0.15) is 0 Å². The highest BCUT2D eigenvalue weighted by Crippen LogP contribution is 2.31. The molecule has 1 nitrogen and oxygen atoms in total. The van der Waals surface area contributed by atoms with Gasteiger partial charge in [0.25, 0.3) is 0 Å². The molecule has 2 rings (SSSR count). The Morgan fingerprint density at radius 3 is 2.06 bits per heavy atom. The number of hydrogen-bond donors (Lipinski definition) is 1. The van der Waals surface area contributed by atoms with Gasteiger partial charge in [0, 0.05) is 12.1 Å². The van der Waals surface area contributed by atoms with Crippen LogP contribution in [0, 0.1) is 11.8 Å². The third-order valence-electron chi connectivity index (χ3n) is 5.07. The van der Waals surface area contributed by atoms with Crippen LogP contribution in [-0.4, -0.2) is 12.1 Å². The highest BCUT2D eigenvalue weighted by atomic mass is 14.9. The largest absolute Gasteiger partial charge is 0.311 e. The van der Waals surface area contributed by atoms with E-state index < -0.39 is 0 Å². The molecule has 1 unspecified atom stereocenters. The molecule has 0 amide bonds. The number of nitrogens with one attached hydrogen (secondary N) is 1. The van der Waals surface area contributed by atoms with Crippen LogP contribution in [0.3, 0.4) is 0 Å². The van der Waals surface area contributed by atoms with E-state index in [1.807, 2.05) is 0 Å². The Labute approximate surface area is 108 Å². The highest BCUT2D eigenvalue weighted by molar-refractivity contribution is 4.80. The lowest BCUT2D eigenvalue weighted by Crippen LogP contribution is -2.40. The fourth-order valence-corrected chi connectivity index (χ4v) is 3.69. The van der Waals surface area contributed by atoms with Crippen LogP contribution >= 0.6 is 0 Å². The summed E-state index contributed by atoms with van der Waals surface area (Å²) in [5.74, 6) is 1.99. The average Bonchev–Trinajstić information content (AvgIpc) is 2.52. The molecule has 2 fully saturated rings. The first kappa shape index (κ1) is 13.4. The number of rotatable bonds is 5. The molecule has 0 radical (unpaired) electrons. The summed E-state index contributed by atoms with van der Waals surface area (Å²) in [6, 6.07) is 1.47. The maximum Gasteiger partial charge on any atom is 0.00694 e. The summed E-state index contributed by atoms with van der Waals surface area (Å²) in [4.78, 5) is 0. The van der Waals surface area contributed by atoms with Gasteiger partial charge in [-0.15, -0.1) is 0 Å². The van der Waals surface area contributed by atoms with E-state index in [-0.39, 0.29) is 0 Å². The molecule has 0 spiro atoms. The normalized spacial score (nSPS) is 27.2. The third-order valence-corrected chi connectivity index (χ3v) is 5.07. The summed E-state index contributed by atoms with van der Waals surface area (Å²) in [6.45, 7) is 4.82. The second-order valence-electron chi connectivity index (χ2n) is 6.64. The molecule has 0 saturated heterocycles. The molecule has 2 saturated carbocycles. The van der Waals surface area contributed by atoms with Crippen LogP contribution < -0.4 is 5.32 Å². The quantitative estimate of drug-likeness (QED) is 0.694. The van der Waals surface area contributed by atoms with E-state index in [2.05, 4.69) is 19.2 Å². The van der Waals surface area contributed by atoms with Crippen molar-refractivity contribution in [3.05, 3.63) is 0 Å². The Bertz CT molecular complexity index is 202. The lowest BCUT2D eigenvalue weighted by atomic mass is 9.81. The van der Waals surface area contributed by atoms with Gasteiger partial charge >= 0.3 is 0 Å². The fraction of sp³-hybridized carbons (Fsp3) is 1.00. The molecule has 0 aliphatic heterocycles. The minimum atomic E-state index is 0.735. The van der Waals surface area contributed by atoms with E-state index in [0.29, 0.717) is 0 Å². The highest BCUT2D eigenvalue weighted by Gasteiger charge is 2.23. The Morgan fingerprint density at radius 2 is 1.53 bits per heavy atom. The SMILES string of the molecule is CC(CC1CCC1)N[C@@H](C)C1CCCCCC1. The van der Waals surface area contributed by atoms with Crippen LogP contribution in [-0.2, 0) is 0 Å². The lowest BCUT2D eigenvalue weighted by Gasteiger charge is -2.32. The van der Waals surface area contributed by atoms with Gasteiger partial charge in [-0.25, -0.2) is 0 Å². The monoisotopic (exact) mass is 237 g/mol. The van der Waals surface area contributed by atoms with Crippen LogP contribution in [0.25, 0.3) is 0 Å². The Morgan fingerprint density at radius 1 is 0.882 bits per heavy atom. The van der Waals surface area contributed by atoms with E-state index in [1.165, 1.54) is 64.2 Å². The first-order valence-electron chi connectivity index (χ1n) is 8.01. The third kappa shape index (κ3) is 4.28. The molecule has 1 heteroatoms. The van der Waals surface area contributed by atoms with Crippen LogP contribution in [0.2, 0.25) is 0 Å². The van der Waals surface area contributed by atoms with Gasteiger partial charge in [-0.3, -0.25) is 0 Å². The molecule has 0 bridgehead atoms. The summed E-state index contributed by atoms with van der Waals surface area (Å²) >= 11 is 0. The van der Waals surface area contributed by atoms with Gasteiger partial charge in [-0.05, 0) is 44.9 Å². The van der Waals surface area contributed by atoms with E-state index in [1.54, 1.807) is 0 Å². The van der Waals surface area contributed by atoms with Crippen molar-refractivity contribution in [2.75, 3.05) is 0 Å². The van der Waals surface area contributed by atoms with Crippen LogP contribution in [0.15, 0.2) is 0 Å². The van der Waals surface area contributed by atoms with E-state index in [0.717, 1.165) is 23.9 Å². The molecular weight excluding hydrogens is 206 g/mol. The van der Waals surface area contributed by atoms with E-state index >= 15 is 0 Å². The smallest absolute Gasteiger partial charge is 0.00694 e. The van der Waals surface area contributed by atoms with Gasteiger partial charge < -0.3 is 5.32 Å². The number of hydrogen-bond acceptors (Lipinski definition) is 1. The second kappa shape index (κ2) is 6.78. The van der Waals surface area contributed by atoms with Gasteiger partial charge in [-0.1, -0.05) is 44.9 Å². The summed E-state index contributed by atoms with van der Waals surface area (Å²) in [5.41, 5.74) is 0. The molecule has 1 N–H and O–H groups in total. The first-order valence-corrected chi connectivity index (χ1v) is 8.01. The van der Waals surface area contributed by atoms with E-state index in [4.69, 9.17) is 0 Å². The minimum Gasteiger partial charge on any atom is -0.311 e. The molecule has 0 aromatic rings. The zero-order valence-electron chi connectivity index (χ0n) is 11.9. The van der Waals surface area contributed by atoms with Crippen LogP contribution in [0.4, 0.5) is 0 Å². The summed E-state index contributed by atoms with van der Waals surface area (Å²) in [6.07, 6.45) is 14.7. The van der Waals surface area contributed by atoms with Gasteiger partial charge in [0.05, 0.1) is 0 Å². The van der Waals surface area contributed by atoms with Gasteiger partial charge in [0.2, 0.25) is 0 Å². The maximum absolute atomic E-state index is 3.88. The molecule has 2 aliphatic rings. The topological polar surface area (TPSA) is 12.0 Å². The molecule has 100 valence electrons. The van der Waals surface area contributed by atoms with Crippen molar-refractivity contribution in [1.29, 1.82) is 0 Å². The molecule has 0 aromatic heterocycles. The molecule has 17 heavy (non-hydrogen) atoms. The van der Waals surface area contributed by atoms with E-state index in [9.17, 15) is 0 Å². The predicted molar refractivity (Wildman–Crippen MR) is 75.2 cm³/mol. The zero-order chi connectivity index (χ0) is 12.1. The average molecular weight is 237 g/mol. The van der Waals surface area contributed by atoms with Crippen LogP contribution in [0.5, 0.6) is 0 Å². The van der Waals surface area contributed by atoms with Gasteiger partial charge in [-0.2, -0.15) is 0 Å². The van der Waals surface area contributed by atoms with Crippen molar-refractivity contribution in [3.8, 4) is 0 Å². The molecule has 2 atom stereocenters. The lowest BCUT2D eigenvalue weighted by molar-refractivity contribution is 0.240. The molecule has 2 aliphatic carbocycles. The van der Waals surface area contributed by atoms with Crippen molar-refractivity contribution < 1.29 is 0 Å². The van der Waals surface area contributed by atoms with Crippen molar-refractivity contribution in [2.45, 2.75) is 90.1 Å². The zero-order valence-corrected chi connectivity index (χ0v) is 11.9. The molecule has 0 aromatic carbocycles. The summed E-state index contributed by atoms with van der Waals surface area (Å²) in [7, 11) is 0. The summed E-state index contributed by atoms with van der Waals surface area (Å²) < 4.78 is 0. The van der Waals surface area contributed by atoms with Crippen LogP contribution in [0.1, 0.15) is 78.1 Å². The molecule has 0 heterocycles. The minimum absolute atomic E-state index is 0.735. The standard InChI is InChI=1S/C16H31N/c1-13(12-15-8-7-9-15)17-14(2)16-10-5-3-4-6-11-16/h13-17H,3-12H2,1-2H3/t13?,14-/m0/s1. The predicted octanol–water partition coefficient (Wildman–Crippen LogP) is 4.51. The fourth-order valence-electron chi connectivity index (χ4n) is 3.69. The second-order valence-corrected chi connectivity index (χ2v) is 6.64. The molecular formula is C16H31N. The van der Waals surface area contributed by atoms with Crippen molar-refractivity contribution in [3.63, 3.8) is 0 Å². The van der Waals surface area contributed by atoms with Crippen molar-refractivity contribution in [2.24, 2.45) is 11.8 Å². The van der Waals surface area contributed by atoms with Crippen molar-refractivity contribution >= 4 is 0 Å².